The number of halogens is 2. The van der Waals surface area contributed by atoms with E-state index < -0.39 is 5.60 Å². The molecule has 1 aliphatic rings. The third kappa shape index (κ3) is 7.03. The smallest absolute Gasteiger partial charge is 0.350 e. The fourth-order valence-electron chi connectivity index (χ4n) is 5.59. The maximum atomic E-state index is 12.9. The quantitative estimate of drug-likeness (QED) is 0.145. The SMILES string of the molecule is CCOC(=O)C1(Oc2cccc(CN(CCCn3c(CCOC)nc4c(N)nc5ccccc5c43)C(=O)CCl)c2)CCC1.Cl. The van der Waals surface area contributed by atoms with Crippen molar-refractivity contribution >= 4 is 63.6 Å². The lowest BCUT2D eigenvalue weighted by atomic mass is 9.80. The molecule has 12 heteroatoms. The highest BCUT2D eigenvalue weighted by Crippen LogP contribution is 2.38. The largest absolute Gasteiger partial charge is 0.476 e. The van der Waals surface area contributed by atoms with E-state index in [1.807, 2.05) is 48.5 Å². The van der Waals surface area contributed by atoms with Gasteiger partial charge in [0, 0.05) is 38.6 Å². The number of hydrogen-bond donors (Lipinski definition) is 1. The van der Waals surface area contributed by atoms with Crippen LogP contribution in [0.2, 0.25) is 0 Å². The Balaban J connectivity index is 0.00000442. The topological polar surface area (TPSA) is 122 Å². The predicted molar refractivity (Wildman–Crippen MR) is 173 cm³/mol. The Labute approximate surface area is 268 Å². The molecule has 44 heavy (non-hydrogen) atoms. The van der Waals surface area contributed by atoms with Gasteiger partial charge in [-0.15, -0.1) is 24.0 Å². The number of benzene rings is 2. The van der Waals surface area contributed by atoms with Gasteiger partial charge in [0.15, 0.2) is 5.82 Å². The third-order valence-corrected chi connectivity index (χ3v) is 8.12. The van der Waals surface area contributed by atoms with Crippen LogP contribution in [0.4, 0.5) is 5.82 Å². The van der Waals surface area contributed by atoms with Crippen molar-refractivity contribution in [3.63, 3.8) is 0 Å². The Morgan fingerprint density at radius 2 is 1.93 bits per heavy atom. The number of fused-ring (bicyclic) bond motifs is 3. The van der Waals surface area contributed by atoms with Gasteiger partial charge in [0.2, 0.25) is 11.5 Å². The standard InChI is InChI=1S/C32H38ClN5O5.ClH/c1-3-42-31(40)32(14-7-15-32)43-23-10-6-9-22(19-23)21-37(27(39)20-33)16-8-17-38-26(13-18-41-2)36-28-29(38)24-11-4-5-12-25(24)35-30(28)34;/h4-6,9-12,19H,3,7-8,13-18,20-21H2,1-2H3,(H2,34,35);1H. The van der Waals surface area contributed by atoms with E-state index in [2.05, 4.69) is 9.55 Å². The molecule has 2 aromatic heterocycles. The number of carbonyl (C=O) groups is 2. The maximum Gasteiger partial charge on any atom is 0.350 e. The number of carbonyl (C=O) groups excluding carboxylic acids is 2. The molecular formula is C32H39Cl2N5O5. The molecule has 4 aromatic rings. The minimum atomic E-state index is -0.933. The lowest BCUT2D eigenvalue weighted by molar-refractivity contribution is -0.169. The van der Waals surface area contributed by atoms with Crippen LogP contribution in [0.3, 0.4) is 0 Å². The zero-order chi connectivity index (χ0) is 30.4. The number of imidazole rings is 1. The molecule has 2 N–H and O–H groups in total. The first kappa shape index (κ1) is 33.3. The molecule has 1 amide bonds. The summed E-state index contributed by atoms with van der Waals surface area (Å²) in [5.74, 6) is 1.21. The number of nitrogens with zero attached hydrogens (tertiary/aromatic N) is 4. The van der Waals surface area contributed by atoms with Crippen LogP contribution >= 0.6 is 24.0 Å². The molecule has 0 spiro atoms. The zero-order valence-corrected chi connectivity index (χ0v) is 26.7. The van der Waals surface area contributed by atoms with Crippen LogP contribution in [-0.4, -0.2) is 69.7 Å². The maximum absolute atomic E-state index is 12.9. The lowest BCUT2D eigenvalue weighted by Gasteiger charge is -2.39. The summed E-state index contributed by atoms with van der Waals surface area (Å²) in [5, 5.41) is 0.973. The van der Waals surface area contributed by atoms with E-state index in [1.54, 1.807) is 18.9 Å². The van der Waals surface area contributed by atoms with Crippen molar-refractivity contribution in [1.29, 1.82) is 0 Å². The van der Waals surface area contributed by atoms with Crippen molar-refractivity contribution in [3.8, 4) is 5.75 Å². The fourth-order valence-corrected chi connectivity index (χ4v) is 5.76. The normalized spacial score (nSPS) is 13.7. The number of nitrogens with two attached hydrogens (primary N) is 1. The van der Waals surface area contributed by atoms with E-state index in [1.165, 1.54) is 0 Å². The minimum absolute atomic E-state index is 0. The van der Waals surface area contributed by atoms with Gasteiger partial charge in [-0.25, -0.2) is 14.8 Å². The second-order valence-corrected chi connectivity index (χ2v) is 11.0. The first-order valence-electron chi connectivity index (χ1n) is 14.7. The number of esters is 1. The highest BCUT2D eigenvalue weighted by atomic mass is 35.5. The third-order valence-electron chi connectivity index (χ3n) is 7.89. The molecule has 1 aliphatic carbocycles. The molecule has 0 aliphatic heterocycles. The molecule has 0 unspecified atom stereocenters. The highest BCUT2D eigenvalue weighted by molar-refractivity contribution is 6.27. The number of rotatable bonds is 14. The first-order chi connectivity index (χ1) is 20.9. The first-order valence-corrected chi connectivity index (χ1v) is 15.2. The van der Waals surface area contributed by atoms with E-state index >= 15 is 0 Å². The van der Waals surface area contributed by atoms with E-state index in [0.29, 0.717) is 75.6 Å². The van der Waals surface area contributed by atoms with Gasteiger partial charge < -0.3 is 29.4 Å². The molecule has 0 saturated heterocycles. The summed E-state index contributed by atoms with van der Waals surface area (Å²) in [5.41, 5.74) is 8.68. The number of nitrogen functional groups attached to an aromatic ring is 1. The number of hydrogen-bond acceptors (Lipinski definition) is 8. The summed E-state index contributed by atoms with van der Waals surface area (Å²) in [7, 11) is 1.66. The van der Waals surface area contributed by atoms with Crippen molar-refractivity contribution in [2.24, 2.45) is 0 Å². The van der Waals surface area contributed by atoms with Crippen LogP contribution in [0.5, 0.6) is 5.75 Å². The fraction of sp³-hybridized carbons (Fsp3) is 0.438. The Kier molecular flexibility index (Phi) is 11.3. The van der Waals surface area contributed by atoms with E-state index in [9.17, 15) is 9.59 Å². The van der Waals surface area contributed by atoms with E-state index in [4.69, 9.17) is 36.5 Å². The van der Waals surface area contributed by atoms with Gasteiger partial charge in [-0.1, -0.05) is 30.3 Å². The number of amides is 1. The van der Waals surface area contributed by atoms with Gasteiger partial charge in [0.05, 0.1) is 24.2 Å². The summed E-state index contributed by atoms with van der Waals surface area (Å²) in [6.07, 6.45) is 3.43. The summed E-state index contributed by atoms with van der Waals surface area (Å²) < 4.78 is 19.0. The van der Waals surface area contributed by atoms with Crippen LogP contribution in [0.25, 0.3) is 21.9 Å². The molecule has 1 saturated carbocycles. The Morgan fingerprint density at radius 3 is 2.64 bits per heavy atom. The number of aromatic nitrogens is 3. The molecule has 1 fully saturated rings. The summed E-state index contributed by atoms with van der Waals surface area (Å²) >= 11 is 6.03. The second kappa shape index (κ2) is 14.9. The van der Waals surface area contributed by atoms with Crippen LogP contribution < -0.4 is 10.5 Å². The molecule has 0 radical (unpaired) electrons. The number of alkyl halides is 1. The summed E-state index contributed by atoms with van der Waals surface area (Å²) in [4.78, 5) is 36.6. The van der Waals surface area contributed by atoms with Crippen molar-refractivity contribution in [3.05, 3.63) is 59.9 Å². The molecule has 10 nitrogen and oxygen atoms in total. The number of anilines is 1. The summed E-state index contributed by atoms with van der Waals surface area (Å²) in [6, 6.07) is 15.4. The van der Waals surface area contributed by atoms with E-state index in [0.717, 1.165) is 34.2 Å². The molecule has 2 heterocycles. The molecular weight excluding hydrogens is 605 g/mol. The number of pyridine rings is 1. The van der Waals surface area contributed by atoms with Gasteiger partial charge in [-0.05, 0) is 56.4 Å². The Morgan fingerprint density at radius 1 is 1.14 bits per heavy atom. The number of methoxy groups -OCH3 is 1. The van der Waals surface area contributed by atoms with Crippen LogP contribution in [0.15, 0.2) is 48.5 Å². The number of ether oxygens (including phenoxy) is 3. The molecule has 2 aromatic carbocycles. The molecule has 236 valence electrons. The van der Waals surface area contributed by atoms with Crippen molar-refractivity contribution in [2.45, 2.75) is 57.7 Å². The van der Waals surface area contributed by atoms with Gasteiger partial charge in [-0.2, -0.15) is 0 Å². The van der Waals surface area contributed by atoms with Gasteiger partial charge in [0.1, 0.15) is 23.0 Å². The van der Waals surface area contributed by atoms with Gasteiger partial charge in [-0.3, -0.25) is 4.79 Å². The molecule has 0 atom stereocenters. The second-order valence-electron chi connectivity index (χ2n) is 10.8. The minimum Gasteiger partial charge on any atom is -0.476 e. The number of aryl methyl sites for hydroxylation is 1. The van der Waals surface area contributed by atoms with Crippen molar-refractivity contribution in [2.75, 3.05) is 38.5 Å². The van der Waals surface area contributed by atoms with Crippen LogP contribution in [0, 0.1) is 0 Å². The van der Waals surface area contributed by atoms with Crippen LogP contribution in [-0.2, 0) is 38.6 Å². The lowest BCUT2D eigenvalue weighted by Crippen LogP contribution is -2.51. The van der Waals surface area contributed by atoms with Crippen LogP contribution in [0.1, 0.15) is 44.0 Å². The highest BCUT2D eigenvalue weighted by Gasteiger charge is 2.48. The summed E-state index contributed by atoms with van der Waals surface area (Å²) in [6.45, 7) is 4.06. The van der Waals surface area contributed by atoms with Gasteiger partial charge in [0.25, 0.3) is 0 Å². The monoisotopic (exact) mass is 643 g/mol. The van der Waals surface area contributed by atoms with Crippen molar-refractivity contribution < 1.29 is 23.8 Å². The van der Waals surface area contributed by atoms with Crippen molar-refractivity contribution in [1.82, 2.24) is 19.4 Å². The van der Waals surface area contributed by atoms with E-state index in [-0.39, 0.29) is 30.2 Å². The average Bonchev–Trinajstić information content (AvgIpc) is 3.36. The zero-order valence-electron chi connectivity index (χ0n) is 25.1. The predicted octanol–water partition coefficient (Wildman–Crippen LogP) is 5.30. The van der Waals surface area contributed by atoms with Gasteiger partial charge >= 0.3 is 5.97 Å². The Bertz CT molecular complexity index is 1610. The molecule has 0 bridgehead atoms. The Hall–Kier alpha value is -3.60. The molecule has 5 rings (SSSR count). The average molecular weight is 645 g/mol. The number of para-hydroxylation sites is 1.